The molecule has 1 atom stereocenters. The zero-order chi connectivity index (χ0) is 19.5. The standard InChI is InChI=1S/C21H28N2O3/c1-13-11-14(2)23-20(25)18(13)12-22-19(24)15(3)26-17-9-7-16(8-10-17)21(4,5)6/h7-11,15H,12H2,1-6H3,(H,22,24)(H,23,25)/t15-/m1/s1. The van der Waals surface area contributed by atoms with Crippen LogP contribution in [-0.2, 0) is 16.8 Å². The highest BCUT2D eigenvalue weighted by molar-refractivity contribution is 5.80. The Morgan fingerprint density at radius 1 is 1.19 bits per heavy atom. The van der Waals surface area contributed by atoms with Crippen molar-refractivity contribution in [2.75, 3.05) is 0 Å². The lowest BCUT2D eigenvalue weighted by Crippen LogP contribution is -2.37. The Bertz CT molecular complexity index is 830. The van der Waals surface area contributed by atoms with Gasteiger partial charge >= 0.3 is 0 Å². The Morgan fingerprint density at radius 3 is 2.35 bits per heavy atom. The van der Waals surface area contributed by atoms with Gasteiger partial charge in [0.2, 0.25) is 0 Å². The molecular weight excluding hydrogens is 328 g/mol. The first-order valence-electron chi connectivity index (χ1n) is 8.82. The molecular formula is C21H28N2O3. The molecule has 26 heavy (non-hydrogen) atoms. The fraction of sp³-hybridized carbons (Fsp3) is 0.429. The summed E-state index contributed by atoms with van der Waals surface area (Å²) in [6, 6.07) is 9.66. The minimum absolute atomic E-state index is 0.0699. The molecule has 1 heterocycles. The average molecular weight is 356 g/mol. The Hall–Kier alpha value is -2.56. The summed E-state index contributed by atoms with van der Waals surface area (Å²) in [5, 5.41) is 2.77. The van der Waals surface area contributed by atoms with E-state index in [0.29, 0.717) is 11.3 Å². The number of aromatic nitrogens is 1. The van der Waals surface area contributed by atoms with Crippen molar-refractivity contribution in [3.05, 3.63) is 63.1 Å². The van der Waals surface area contributed by atoms with Gasteiger partial charge in [-0.15, -0.1) is 0 Å². The maximum absolute atomic E-state index is 12.3. The molecule has 0 bridgehead atoms. The molecule has 140 valence electrons. The number of carbonyl (C=O) groups is 1. The van der Waals surface area contributed by atoms with Crippen LogP contribution in [0.15, 0.2) is 35.1 Å². The smallest absolute Gasteiger partial charge is 0.261 e. The molecule has 0 radical (unpaired) electrons. The molecule has 5 nitrogen and oxygen atoms in total. The van der Waals surface area contributed by atoms with Gasteiger partial charge in [-0.05, 0) is 55.5 Å². The van der Waals surface area contributed by atoms with Gasteiger partial charge in [0, 0.05) is 17.8 Å². The number of aryl methyl sites for hydroxylation is 2. The van der Waals surface area contributed by atoms with Crippen molar-refractivity contribution in [1.82, 2.24) is 10.3 Å². The lowest BCUT2D eigenvalue weighted by Gasteiger charge is -2.20. The summed E-state index contributed by atoms with van der Waals surface area (Å²) in [4.78, 5) is 27.0. The van der Waals surface area contributed by atoms with Crippen LogP contribution in [0.1, 0.15) is 50.1 Å². The molecule has 0 fully saturated rings. The van der Waals surface area contributed by atoms with Crippen LogP contribution in [0.4, 0.5) is 0 Å². The van der Waals surface area contributed by atoms with Gasteiger partial charge in [-0.3, -0.25) is 9.59 Å². The number of benzene rings is 1. The van der Waals surface area contributed by atoms with E-state index < -0.39 is 6.10 Å². The second kappa shape index (κ2) is 7.77. The summed E-state index contributed by atoms with van der Waals surface area (Å²) in [6.45, 7) is 12.0. The molecule has 1 aromatic carbocycles. The lowest BCUT2D eigenvalue weighted by molar-refractivity contribution is -0.127. The van der Waals surface area contributed by atoms with Crippen LogP contribution >= 0.6 is 0 Å². The summed E-state index contributed by atoms with van der Waals surface area (Å²) >= 11 is 0. The second-order valence-electron chi connectivity index (χ2n) is 7.70. The Morgan fingerprint density at radius 2 is 1.81 bits per heavy atom. The first-order chi connectivity index (χ1) is 12.1. The summed E-state index contributed by atoms with van der Waals surface area (Å²) in [6.07, 6.45) is -0.652. The van der Waals surface area contributed by atoms with E-state index in [1.807, 2.05) is 44.2 Å². The quantitative estimate of drug-likeness (QED) is 0.863. The molecule has 0 aliphatic carbocycles. The highest BCUT2D eigenvalue weighted by Crippen LogP contribution is 2.24. The van der Waals surface area contributed by atoms with Gasteiger partial charge in [-0.1, -0.05) is 32.9 Å². The number of ether oxygens (including phenoxy) is 1. The molecule has 5 heteroatoms. The summed E-state index contributed by atoms with van der Waals surface area (Å²) in [5.41, 5.74) is 3.33. The molecule has 1 amide bonds. The van der Waals surface area contributed by atoms with Crippen LogP contribution in [0.5, 0.6) is 5.75 Å². The highest BCUT2D eigenvalue weighted by Gasteiger charge is 2.17. The summed E-state index contributed by atoms with van der Waals surface area (Å²) < 4.78 is 5.71. The normalized spacial score (nSPS) is 12.5. The fourth-order valence-electron chi connectivity index (χ4n) is 2.71. The molecule has 0 aliphatic rings. The molecule has 2 aromatic rings. The van der Waals surface area contributed by atoms with E-state index in [-0.39, 0.29) is 23.4 Å². The number of rotatable bonds is 5. The monoisotopic (exact) mass is 356 g/mol. The van der Waals surface area contributed by atoms with Gasteiger partial charge in [0.15, 0.2) is 6.10 Å². The molecule has 2 N–H and O–H groups in total. The van der Waals surface area contributed by atoms with E-state index in [2.05, 4.69) is 31.1 Å². The average Bonchev–Trinajstić information content (AvgIpc) is 2.53. The van der Waals surface area contributed by atoms with Gasteiger partial charge in [-0.25, -0.2) is 0 Å². The minimum Gasteiger partial charge on any atom is -0.481 e. The predicted molar refractivity (Wildman–Crippen MR) is 104 cm³/mol. The maximum Gasteiger partial charge on any atom is 0.261 e. The third kappa shape index (κ3) is 4.97. The van der Waals surface area contributed by atoms with E-state index in [1.165, 1.54) is 5.56 Å². The molecule has 0 aliphatic heterocycles. The molecule has 0 saturated heterocycles. The largest absolute Gasteiger partial charge is 0.481 e. The molecule has 0 unspecified atom stereocenters. The zero-order valence-corrected chi connectivity index (χ0v) is 16.4. The number of hydrogen-bond donors (Lipinski definition) is 2. The Balaban J connectivity index is 1.97. The first kappa shape index (κ1) is 19.8. The van der Waals surface area contributed by atoms with Crippen LogP contribution in [-0.4, -0.2) is 17.0 Å². The molecule has 0 spiro atoms. The number of pyridine rings is 1. The van der Waals surface area contributed by atoms with Crippen LogP contribution < -0.4 is 15.6 Å². The lowest BCUT2D eigenvalue weighted by atomic mass is 9.87. The minimum atomic E-state index is -0.652. The van der Waals surface area contributed by atoms with Crippen LogP contribution in [0.25, 0.3) is 0 Å². The van der Waals surface area contributed by atoms with Gasteiger partial charge in [-0.2, -0.15) is 0 Å². The third-order valence-corrected chi connectivity index (χ3v) is 4.34. The van der Waals surface area contributed by atoms with Crippen LogP contribution in [0.3, 0.4) is 0 Å². The topological polar surface area (TPSA) is 71.2 Å². The number of amides is 1. The third-order valence-electron chi connectivity index (χ3n) is 4.34. The van der Waals surface area contributed by atoms with Crippen LogP contribution in [0, 0.1) is 13.8 Å². The molecule has 1 aromatic heterocycles. The van der Waals surface area contributed by atoms with Crippen molar-refractivity contribution in [3.63, 3.8) is 0 Å². The number of carbonyl (C=O) groups excluding carboxylic acids is 1. The fourth-order valence-corrected chi connectivity index (χ4v) is 2.71. The van der Waals surface area contributed by atoms with E-state index in [4.69, 9.17) is 4.74 Å². The number of aromatic amines is 1. The van der Waals surface area contributed by atoms with Crippen LogP contribution in [0.2, 0.25) is 0 Å². The maximum atomic E-state index is 12.3. The highest BCUT2D eigenvalue weighted by atomic mass is 16.5. The van der Waals surface area contributed by atoms with Crippen molar-refractivity contribution in [2.24, 2.45) is 0 Å². The van der Waals surface area contributed by atoms with E-state index in [9.17, 15) is 9.59 Å². The predicted octanol–water partition coefficient (Wildman–Crippen LogP) is 3.37. The van der Waals surface area contributed by atoms with E-state index in [0.717, 1.165) is 11.3 Å². The zero-order valence-electron chi connectivity index (χ0n) is 16.4. The van der Waals surface area contributed by atoms with Crippen molar-refractivity contribution in [1.29, 1.82) is 0 Å². The van der Waals surface area contributed by atoms with Gasteiger partial charge in [0.25, 0.3) is 11.5 Å². The number of nitrogens with one attached hydrogen (secondary N) is 2. The molecule has 2 rings (SSSR count). The van der Waals surface area contributed by atoms with Crippen molar-refractivity contribution in [3.8, 4) is 5.75 Å². The van der Waals surface area contributed by atoms with E-state index in [1.54, 1.807) is 6.92 Å². The van der Waals surface area contributed by atoms with Gasteiger partial charge in [0.1, 0.15) is 5.75 Å². The molecule has 0 saturated carbocycles. The first-order valence-corrected chi connectivity index (χ1v) is 8.82. The van der Waals surface area contributed by atoms with Gasteiger partial charge in [0.05, 0.1) is 0 Å². The number of hydrogen-bond acceptors (Lipinski definition) is 3. The summed E-state index contributed by atoms with van der Waals surface area (Å²) in [5.74, 6) is 0.384. The van der Waals surface area contributed by atoms with Crippen molar-refractivity contribution < 1.29 is 9.53 Å². The van der Waals surface area contributed by atoms with Gasteiger partial charge < -0.3 is 15.0 Å². The SMILES string of the molecule is Cc1cc(C)c(CNC(=O)[C@@H](C)Oc2ccc(C(C)(C)C)cc2)c(=O)[nH]1. The summed E-state index contributed by atoms with van der Waals surface area (Å²) in [7, 11) is 0. The van der Waals surface area contributed by atoms with E-state index >= 15 is 0 Å². The Labute approximate surface area is 154 Å². The van der Waals surface area contributed by atoms with Crippen molar-refractivity contribution >= 4 is 5.91 Å². The van der Waals surface area contributed by atoms with Crippen molar-refractivity contribution in [2.45, 2.75) is 59.6 Å². The number of H-pyrrole nitrogens is 1. The Kier molecular flexibility index (Phi) is 5.90. The second-order valence-corrected chi connectivity index (χ2v) is 7.70.